The number of thiocarbonyl (C=S) groups is 1. The van der Waals surface area contributed by atoms with Gasteiger partial charge in [0.05, 0.1) is 22.2 Å². The highest BCUT2D eigenvalue weighted by atomic mass is 32.1. The first-order chi connectivity index (χ1) is 16.1. The molecule has 1 fully saturated rings. The molecule has 0 bridgehead atoms. The van der Waals surface area contributed by atoms with Gasteiger partial charge >= 0.3 is 0 Å². The lowest BCUT2D eigenvalue weighted by molar-refractivity contribution is -0.384. The maximum Gasteiger partial charge on any atom is 0.280 e. The van der Waals surface area contributed by atoms with E-state index in [9.17, 15) is 10.1 Å². The van der Waals surface area contributed by atoms with Crippen LogP contribution in [0.2, 0.25) is 0 Å². The first-order valence-electron chi connectivity index (χ1n) is 10.5. The van der Waals surface area contributed by atoms with Gasteiger partial charge in [-0.25, -0.2) is 0 Å². The molecule has 1 aliphatic rings. The predicted molar refractivity (Wildman–Crippen MR) is 128 cm³/mol. The van der Waals surface area contributed by atoms with Crippen molar-refractivity contribution in [2.24, 2.45) is 0 Å². The molecule has 8 heteroatoms. The van der Waals surface area contributed by atoms with Crippen LogP contribution in [0, 0.1) is 10.1 Å². The molecule has 0 unspecified atom stereocenters. The topological polar surface area (TPSA) is 84.4 Å². The number of rotatable bonds is 6. The second kappa shape index (κ2) is 8.84. The van der Waals surface area contributed by atoms with Crippen molar-refractivity contribution in [3.05, 3.63) is 118 Å². The number of pyridine rings is 1. The molecule has 164 valence electrons. The Labute approximate surface area is 195 Å². The van der Waals surface area contributed by atoms with Crippen LogP contribution in [0.15, 0.2) is 95.5 Å². The van der Waals surface area contributed by atoms with E-state index in [0.29, 0.717) is 28.7 Å². The third-order valence-electron chi connectivity index (χ3n) is 5.68. The largest absolute Gasteiger partial charge is 0.459 e. The van der Waals surface area contributed by atoms with Crippen molar-refractivity contribution in [1.29, 1.82) is 0 Å². The molecule has 1 N–H and O–H groups in total. The van der Waals surface area contributed by atoms with Gasteiger partial charge in [-0.3, -0.25) is 15.1 Å². The highest BCUT2D eigenvalue weighted by Gasteiger charge is 2.41. The smallest absolute Gasteiger partial charge is 0.280 e. The van der Waals surface area contributed by atoms with Gasteiger partial charge in [0.1, 0.15) is 17.6 Å². The summed E-state index contributed by atoms with van der Waals surface area (Å²) in [6, 6.07) is 25.5. The number of nitrogens with zero attached hydrogens (tertiary/aromatic N) is 3. The summed E-state index contributed by atoms with van der Waals surface area (Å²) in [6.45, 7) is 0.586. The van der Waals surface area contributed by atoms with E-state index < -0.39 is 4.92 Å². The maximum atomic E-state index is 11.5. The van der Waals surface area contributed by atoms with E-state index in [4.69, 9.17) is 16.6 Å². The normalized spacial score (nSPS) is 17.7. The van der Waals surface area contributed by atoms with Crippen LogP contribution in [0.25, 0.3) is 11.3 Å². The van der Waals surface area contributed by atoms with Crippen molar-refractivity contribution in [3.63, 3.8) is 0 Å². The van der Waals surface area contributed by atoms with Gasteiger partial charge in [0.2, 0.25) is 0 Å². The number of furan rings is 1. The van der Waals surface area contributed by atoms with Crippen molar-refractivity contribution in [2.45, 2.75) is 18.6 Å². The molecule has 0 radical (unpaired) electrons. The SMILES string of the molecule is O=[N+]([O-])c1ccccc1-c1ccc([C@@H]2[C@H](c3ccccn3)NC(=S)N2Cc2ccccc2)o1. The lowest BCUT2D eigenvalue weighted by atomic mass is 10.0. The minimum absolute atomic E-state index is 0.000820. The van der Waals surface area contributed by atoms with E-state index in [1.54, 1.807) is 30.5 Å². The summed E-state index contributed by atoms with van der Waals surface area (Å²) in [6.07, 6.45) is 1.75. The molecule has 5 rings (SSSR count). The van der Waals surface area contributed by atoms with Crippen molar-refractivity contribution >= 4 is 23.0 Å². The molecular weight excluding hydrogens is 436 g/mol. The summed E-state index contributed by atoms with van der Waals surface area (Å²) >= 11 is 5.71. The standard InChI is InChI=1S/C25H20N4O3S/c30-29(31)20-12-5-4-10-18(20)21-13-14-22(32-21)24-23(19-11-6-7-15-26-19)27-25(33)28(24)16-17-8-2-1-3-9-17/h1-15,23-24H,16H2,(H,27,33)/t23-,24+/m0/s1. The molecule has 0 saturated carbocycles. The van der Waals surface area contributed by atoms with Crippen LogP contribution in [-0.4, -0.2) is 19.9 Å². The summed E-state index contributed by atoms with van der Waals surface area (Å²) in [5, 5.41) is 15.5. The van der Waals surface area contributed by atoms with Crippen LogP contribution in [0.1, 0.15) is 29.1 Å². The lowest BCUT2D eigenvalue weighted by Crippen LogP contribution is -2.29. The molecule has 2 aromatic carbocycles. The molecule has 2 atom stereocenters. The zero-order chi connectivity index (χ0) is 22.8. The highest BCUT2D eigenvalue weighted by Crippen LogP contribution is 2.42. The highest BCUT2D eigenvalue weighted by molar-refractivity contribution is 7.80. The van der Waals surface area contributed by atoms with Gasteiger partial charge in [0.25, 0.3) is 5.69 Å². The monoisotopic (exact) mass is 456 g/mol. The van der Waals surface area contributed by atoms with Crippen LogP contribution >= 0.6 is 12.2 Å². The summed E-state index contributed by atoms with van der Waals surface area (Å²) in [7, 11) is 0. The second-order valence-electron chi connectivity index (χ2n) is 7.72. The Morgan fingerprint density at radius 1 is 1.00 bits per heavy atom. The Bertz CT molecular complexity index is 1290. The summed E-state index contributed by atoms with van der Waals surface area (Å²) in [4.78, 5) is 17.7. The molecule has 0 amide bonds. The van der Waals surface area contributed by atoms with Gasteiger partial charge in [-0.2, -0.15) is 0 Å². The summed E-state index contributed by atoms with van der Waals surface area (Å²) in [5.74, 6) is 1.09. The number of nitro benzene ring substituents is 1. The first kappa shape index (κ1) is 20.8. The summed E-state index contributed by atoms with van der Waals surface area (Å²) in [5.41, 5.74) is 2.38. The van der Waals surface area contributed by atoms with Crippen molar-refractivity contribution in [1.82, 2.24) is 15.2 Å². The fraction of sp³-hybridized carbons (Fsp3) is 0.120. The molecule has 2 aromatic heterocycles. The van der Waals surface area contributed by atoms with Crippen molar-refractivity contribution in [2.75, 3.05) is 0 Å². The van der Waals surface area contributed by atoms with Crippen LogP contribution in [0.3, 0.4) is 0 Å². The molecular formula is C25H20N4O3S. The number of aromatic nitrogens is 1. The second-order valence-corrected chi connectivity index (χ2v) is 8.10. The Kier molecular flexibility index (Phi) is 5.58. The third kappa shape index (κ3) is 4.08. The molecule has 0 aliphatic carbocycles. The maximum absolute atomic E-state index is 11.5. The molecule has 0 spiro atoms. The number of nitro groups is 1. The first-order valence-corrected chi connectivity index (χ1v) is 10.9. The number of hydrogen-bond donors (Lipinski definition) is 1. The van der Waals surface area contributed by atoms with E-state index in [1.807, 2.05) is 42.5 Å². The Balaban J connectivity index is 1.56. The molecule has 1 aliphatic heterocycles. The quantitative estimate of drug-likeness (QED) is 0.235. The fourth-order valence-electron chi connectivity index (χ4n) is 4.16. The molecule has 4 aromatic rings. The van der Waals surface area contributed by atoms with Crippen LogP contribution < -0.4 is 5.32 Å². The van der Waals surface area contributed by atoms with Gasteiger partial charge in [-0.05, 0) is 48.1 Å². The molecule has 3 heterocycles. The van der Waals surface area contributed by atoms with Gasteiger partial charge in [0.15, 0.2) is 5.11 Å². The Hall–Kier alpha value is -4.04. The Morgan fingerprint density at radius 3 is 2.52 bits per heavy atom. The average Bonchev–Trinajstić information content (AvgIpc) is 3.45. The summed E-state index contributed by atoms with van der Waals surface area (Å²) < 4.78 is 6.24. The third-order valence-corrected chi connectivity index (χ3v) is 6.03. The van der Waals surface area contributed by atoms with Gasteiger partial charge in [-0.15, -0.1) is 0 Å². The number of benzene rings is 2. The minimum atomic E-state index is -0.401. The number of hydrogen-bond acceptors (Lipinski definition) is 5. The van der Waals surface area contributed by atoms with Gasteiger partial charge in [-0.1, -0.05) is 48.5 Å². The Morgan fingerprint density at radius 2 is 1.76 bits per heavy atom. The van der Waals surface area contributed by atoms with Gasteiger partial charge < -0.3 is 14.6 Å². The predicted octanol–water partition coefficient (Wildman–Crippen LogP) is 5.42. The fourth-order valence-corrected chi connectivity index (χ4v) is 4.47. The zero-order valence-corrected chi connectivity index (χ0v) is 18.3. The van der Waals surface area contributed by atoms with E-state index in [-0.39, 0.29) is 17.8 Å². The van der Waals surface area contributed by atoms with E-state index in [2.05, 4.69) is 27.3 Å². The zero-order valence-electron chi connectivity index (χ0n) is 17.5. The van der Waals surface area contributed by atoms with E-state index >= 15 is 0 Å². The van der Waals surface area contributed by atoms with Crippen molar-refractivity contribution < 1.29 is 9.34 Å². The number of para-hydroxylation sites is 1. The average molecular weight is 457 g/mol. The van der Waals surface area contributed by atoms with Crippen LogP contribution in [0.4, 0.5) is 5.69 Å². The van der Waals surface area contributed by atoms with Crippen LogP contribution in [0.5, 0.6) is 0 Å². The van der Waals surface area contributed by atoms with E-state index in [1.165, 1.54) is 6.07 Å². The molecule has 7 nitrogen and oxygen atoms in total. The van der Waals surface area contributed by atoms with E-state index in [0.717, 1.165) is 11.3 Å². The lowest BCUT2D eigenvalue weighted by Gasteiger charge is -2.26. The molecule has 33 heavy (non-hydrogen) atoms. The van der Waals surface area contributed by atoms with Crippen LogP contribution in [-0.2, 0) is 6.54 Å². The van der Waals surface area contributed by atoms with Crippen molar-refractivity contribution in [3.8, 4) is 11.3 Å². The minimum Gasteiger partial charge on any atom is -0.459 e. The van der Waals surface area contributed by atoms with Gasteiger partial charge in [0, 0.05) is 18.8 Å². The number of nitrogens with one attached hydrogen (secondary N) is 1. The molecule has 1 saturated heterocycles.